The molecule has 21 heavy (non-hydrogen) atoms. The molecule has 1 fully saturated rings. The Morgan fingerprint density at radius 3 is 2.86 bits per heavy atom. The van der Waals surface area contributed by atoms with E-state index in [9.17, 15) is 0 Å². The molecule has 116 valence electrons. The Bertz CT molecular complexity index is 469. The van der Waals surface area contributed by atoms with Crippen LogP contribution in [0.5, 0.6) is 0 Å². The minimum Gasteiger partial charge on any atom is -0.370 e. The number of likely N-dealkylation sites (tertiary alicyclic amines) is 1. The molecule has 0 bridgehead atoms. The Morgan fingerprint density at radius 2 is 2.19 bits per heavy atom. The van der Waals surface area contributed by atoms with Crippen molar-refractivity contribution in [2.45, 2.75) is 32.2 Å². The molecule has 1 aliphatic heterocycles. The zero-order valence-corrected chi connectivity index (χ0v) is 13.4. The Morgan fingerprint density at radius 1 is 1.43 bits per heavy atom. The molecule has 0 aromatic heterocycles. The van der Waals surface area contributed by atoms with E-state index < -0.39 is 0 Å². The van der Waals surface area contributed by atoms with Gasteiger partial charge in [0.25, 0.3) is 0 Å². The van der Waals surface area contributed by atoms with E-state index in [4.69, 9.17) is 17.3 Å². The molecular weight excluding hydrogens is 284 g/mol. The number of benzene rings is 1. The lowest BCUT2D eigenvalue weighted by Gasteiger charge is -2.26. The smallest absolute Gasteiger partial charge is 0.188 e. The second-order valence-corrected chi connectivity index (χ2v) is 5.90. The third-order valence-electron chi connectivity index (χ3n) is 3.81. The van der Waals surface area contributed by atoms with E-state index in [1.807, 2.05) is 18.2 Å². The van der Waals surface area contributed by atoms with Gasteiger partial charge in [-0.1, -0.05) is 30.7 Å². The first-order chi connectivity index (χ1) is 10.2. The topological polar surface area (TPSA) is 53.6 Å². The maximum absolute atomic E-state index is 6.14. The number of guanidine groups is 1. The van der Waals surface area contributed by atoms with Crippen molar-refractivity contribution in [3.63, 3.8) is 0 Å². The van der Waals surface area contributed by atoms with Gasteiger partial charge in [-0.25, -0.2) is 0 Å². The second-order valence-electron chi connectivity index (χ2n) is 5.47. The first-order valence-electron chi connectivity index (χ1n) is 7.74. The van der Waals surface area contributed by atoms with Gasteiger partial charge in [0.15, 0.2) is 5.96 Å². The number of rotatable bonds is 6. The summed E-state index contributed by atoms with van der Waals surface area (Å²) < 4.78 is 0. The van der Waals surface area contributed by atoms with Gasteiger partial charge in [0.05, 0.1) is 12.6 Å². The van der Waals surface area contributed by atoms with Crippen LogP contribution in [0.25, 0.3) is 0 Å². The molecule has 1 aromatic carbocycles. The van der Waals surface area contributed by atoms with E-state index in [0.29, 0.717) is 12.5 Å². The summed E-state index contributed by atoms with van der Waals surface area (Å²) in [6.45, 7) is 5.88. The largest absolute Gasteiger partial charge is 0.370 e. The van der Waals surface area contributed by atoms with Gasteiger partial charge in [-0.2, -0.15) is 0 Å². The molecular formula is C16H25ClN4. The fourth-order valence-electron chi connectivity index (χ4n) is 2.69. The lowest BCUT2D eigenvalue weighted by atomic mass is 10.1. The molecule has 1 saturated heterocycles. The van der Waals surface area contributed by atoms with Crippen LogP contribution in [0.15, 0.2) is 29.3 Å². The first-order valence-corrected chi connectivity index (χ1v) is 8.12. The number of hydrogen-bond donors (Lipinski definition) is 2. The van der Waals surface area contributed by atoms with Gasteiger partial charge in [0.2, 0.25) is 0 Å². The Hall–Kier alpha value is -1.26. The quantitative estimate of drug-likeness (QED) is 0.627. The highest BCUT2D eigenvalue weighted by Gasteiger charge is 2.23. The number of nitrogens with one attached hydrogen (secondary N) is 1. The summed E-state index contributed by atoms with van der Waals surface area (Å²) >= 11 is 6.14. The van der Waals surface area contributed by atoms with Crippen LogP contribution in [0.2, 0.25) is 5.02 Å². The molecule has 0 aliphatic carbocycles. The monoisotopic (exact) mass is 308 g/mol. The number of hydrogen-bond acceptors (Lipinski definition) is 2. The summed E-state index contributed by atoms with van der Waals surface area (Å²) in [4.78, 5) is 6.99. The van der Waals surface area contributed by atoms with Crippen LogP contribution in [0.4, 0.5) is 0 Å². The molecule has 1 aliphatic rings. The minimum absolute atomic E-state index is 0.258. The lowest BCUT2D eigenvalue weighted by Crippen LogP contribution is -2.34. The molecule has 0 radical (unpaired) electrons. The van der Waals surface area contributed by atoms with Crippen molar-refractivity contribution in [3.05, 3.63) is 34.9 Å². The van der Waals surface area contributed by atoms with E-state index in [1.165, 1.54) is 18.4 Å². The van der Waals surface area contributed by atoms with Gasteiger partial charge in [-0.05, 0) is 50.0 Å². The van der Waals surface area contributed by atoms with Gasteiger partial charge >= 0.3 is 0 Å². The van der Waals surface area contributed by atoms with Crippen LogP contribution in [0, 0.1) is 0 Å². The number of nitrogens with two attached hydrogens (primary N) is 1. The van der Waals surface area contributed by atoms with Crippen LogP contribution >= 0.6 is 11.6 Å². The van der Waals surface area contributed by atoms with Crippen molar-refractivity contribution in [3.8, 4) is 0 Å². The highest BCUT2D eigenvalue weighted by Crippen LogP contribution is 2.27. The predicted octanol–water partition coefficient (Wildman–Crippen LogP) is 2.79. The van der Waals surface area contributed by atoms with E-state index in [1.54, 1.807) is 0 Å². The van der Waals surface area contributed by atoms with Crippen molar-refractivity contribution in [1.29, 1.82) is 0 Å². The molecule has 0 saturated carbocycles. The fourth-order valence-corrected chi connectivity index (χ4v) is 2.89. The molecule has 4 nitrogen and oxygen atoms in total. The number of nitrogens with zero attached hydrogens (tertiary/aromatic N) is 2. The van der Waals surface area contributed by atoms with E-state index in [-0.39, 0.29) is 6.04 Å². The zero-order chi connectivity index (χ0) is 15.1. The highest BCUT2D eigenvalue weighted by atomic mass is 35.5. The van der Waals surface area contributed by atoms with Crippen LogP contribution in [-0.2, 0) is 0 Å². The molecule has 0 spiro atoms. The molecule has 1 unspecified atom stereocenters. The average molecular weight is 309 g/mol. The Kier molecular flexibility index (Phi) is 6.33. The molecule has 1 heterocycles. The maximum atomic E-state index is 6.14. The number of aliphatic imine (C=N–C) groups is 1. The van der Waals surface area contributed by atoms with E-state index >= 15 is 0 Å². The summed E-state index contributed by atoms with van der Waals surface area (Å²) in [5.41, 5.74) is 7.13. The van der Waals surface area contributed by atoms with Crippen LogP contribution < -0.4 is 11.1 Å². The maximum Gasteiger partial charge on any atom is 0.188 e. The molecule has 1 atom stereocenters. The molecule has 0 amide bonds. The third-order valence-corrected chi connectivity index (χ3v) is 4.04. The van der Waals surface area contributed by atoms with Crippen molar-refractivity contribution >= 4 is 17.6 Å². The van der Waals surface area contributed by atoms with Gasteiger partial charge < -0.3 is 11.1 Å². The second kappa shape index (κ2) is 8.25. The average Bonchev–Trinajstić information content (AvgIpc) is 2.99. The van der Waals surface area contributed by atoms with Crippen molar-refractivity contribution < 1.29 is 0 Å². The summed E-state index contributed by atoms with van der Waals surface area (Å²) in [6.07, 6.45) is 3.55. The summed E-state index contributed by atoms with van der Waals surface area (Å²) in [5, 5.41) is 3.90. The highest BCUT2D eigenvalue weighted by molar-refractivity contribution is 6.30. The fraction of sp³-hybridized carbons (Fsp3) is 0.562. The van der Waals surface area contributed by atoms with Crippen LogP contribution in [0.3, 0.4) is 0 Å². The first kappa shape index (κ1) is 16.1. The molecule has 2 rings (SSSR count). The van der Waals surface area contributed by atoms with E-state index in [2.05, 4.69) is 28.2 Å². The Balaban J connectivity index is 2.09. The normalized spacial score (nSPS) is 17.9. The van der Waals surface area contributed by atoms with Crippen molar-refractivity contribution in [2.75, 3.05) is 26.2 Å². The van der Waals surface area contributed by atoms with Crippen LogP contribution in [0.1, 0.15) is 37.8 Å². The standard InChI is InChI=1S/C16H25ClN4/c1-2-8-19-16(18)20-12-15(21-9-3-4-10-21)13-6-5-7-14(17)11-13/h5-7,11,15H,2-4,8-10,12H2,1H3,(H3,18,19,20). The SMILES string of the molecule is CCCNC(N)=NCC(c1cccc(Cl)c1)N1CCCC1. The van der Waals surface area contributed by atoms with Gasteiger partial charge in [-0.15, -0.1) is 0 Å². The molecule has 3 N–H and O–H groups in total. The summed E-state index contributed by atoms with van der Waals surface area (Å²) in [5.74, 6) is 0.531. The Labute approximate surface area is 132 Å². The van der Waals surface area contributed by atoms with Gasteiger partial charge in [-0.3, -0.25) is 9.89 Å². The van der Waals surface area contributed by atoms with Crippen molar-refractivity contribution in [2.24, 2.45) is 10.7 Å². The predicted molar refractivity (Wildman–Crippen MR) is 89.8 cm³/mol. The summed E-state index contributed by atoms with van der Waals surface area (Å²) in [7, 11) is 0. The lowest BCUT2D eigenvalue weighted by molar-refractivity contribution is 0.251. The van der Waals surface area contributed by atoms with Crippen molar-refractivity contribution in [1.82, 2.24) is 10.2 Å². The number of halogens is 1. The molecule has 1 aromatic rings. The van der Waals surface area contributed by atoms with Gasteiger partial charge in [0.1, 0.15) is 0 Å². The van der Waals surface area contributed by atoms with Crippen LogP contribution in [-0.4, -0.2) is 37.0 Å². The van der Waals surface area contributed by atoms with Gasteiger partial charge in [0, 0.05) is 11.6 Å². The van der Waals surface area contributed by atoms with E-state index in [0.717, 1.165) is 31.1 Å². The minimum atomic E-state index is 0.258. The molecule has 5 heteroatoms. The zero-order valence-electron chi connectivity index (χ0n) is 12.7. The summed E-state index contributed by atoms with van der Waals surface area (Å²) in [6, 6.07) is 8.33. The third kappa shape index (κ3) is 4.90.